The van der Waals surface area contributed by atoms with Crippen LogP contribution in [-0.2, 0) is 0 Å². The average Bonchev–Trinajstić information content (AvgIpc) is 3.07. The van der Waals surface area contributed by atoms with Crippen molar-refractivity contribution in [2.45, 2.75) is 6.92 Å². The lowest BCUT2D eigenvalue weighted by Crippen LogP contribution is -2.02. The molecule has 0 radical (unpaired) electrons. The van der Waals surface area contributed by atoms with E-state index in [-0.39, 0.29) is 0 Å². The molecular weight excluding hydrogens is 392 g/mol. The lowest BCUT2D eigenvalue weighted by molar-refractivity contribution is 0.416. The highest BCUT2D eigenvalue weighted by Crippen LogP contribution is 2.33. The Balaban J connectivity index is 1.84. The molecule has 130 valence electrons. The topological polar surface area (TPSA) is 51.5 Å². The van der Waals surface area contributed by atoms with Gasteiger partial charge in [-0.25, -0.2) is 4.98 Å². The molecule has 26 heavy (non-hydrogen) atoms. The van der Waals surface area contributed by atoms with E-state index in [1.54, 1.807) is 7.11 Å². The van der Waals surface area contributed by atoms with Gasteiger partial charge in [0.05, 0.1) is 18.9 Å². The van der Waals surface area contributed by atoms with Gasteiger partial charge in [-0.2, -0.15) is 9.61 Å². The first-order valence-electron chi connectivity index (χ1n) is 8.17. The summed E-state index contributed by atoms with van der Waals surface area (Å²) in [5.74, 6) is 1.66. The Labute approximate surface area is 159 Å². The van der Waals surface area contributed by atoms with E-state index in [4.69, 9.17) is 9.72 Å². The third kappa shape index (κ3) is 3.04. The van der Waals surface area contributed by atoms with Crippen LogP contribution < -0.4 is 10.1 Å². The maximum atomic E-state index is 5.50. The fourth-order valence-corrected chi connectivity index (χ4v) is 3.18. The van der Waals surface area contributed by atoms with Crippen molar-refractivity contribution in [3.63, 3.8) is 0 Å². The zero-order valence-corrected chi connectivity index (χ0v) is 16.0. The first-order chi connectivity index (χ1) is 12.7. The number of rotatable bonds is 4. The van der Waals surface area contributed by atoms with Crippen LogP contribution >= 0.6 is 15.9 Å². The van der Waals surface area contributed by atoms with E-state index >= 15 is 0 Å². The molecule has 0 saturated heterocycles. The van der Waals surface area contributed by atoms with Gasteiger partial charge in [0.2, 0.25) is 0 Å². The van der Waals surface area contributed by atoms with Crippen LogP contribution in [0.25, 0.3) is 16.8 Å². The van der Waals surface area contributed by atoms with Crippen LogP contribution in [0.4, 0.5) is 11.5 Å². The van der Waals surface area contributed by atoms with Crippen LogP contribution in [0.5, 0.6) is 5.75 Å². The van der Waals surface area contributed by atoms with Crippen molar-refractivity contribution in [2.24, 2.45) is 0 Å². The molecule has 0 amide bonds. The maximum absolute atomic E-state index is 5.50. The van der Waals surface area contributed by atoms with Gasteiger partial charge in [0.1, 0.15) is 11.6 Å². The van der Waals surface area contributed by atoms with E-state index in [1.807, 2.05) is 72.2 Å². The van der Waals surface area contributed by atoms with E-state index in [2.05, 4.69) is 26.3 Å². The molecule has 2 aromatic carbocycles. The molecule has 6 heteroatoms. The molecule has 1 N–H and O–H groups in total. The lowest BCUT2D eigenvalue weighted by Gasteiger charge is -2.11. The van der Waals surface area contributed by atoms with Gasteiger partial charge < -0.3 is 10.1 Å². The molecule has 0 aliphatic heterocycles. The molecule has 0 aliphatic carbocycles. The Kier molecular flexibility index (Phi) is 4.34. The molecule has 0 spiro atoms. The summed E-state index contributed by atoms with van der Waals surface area (Å²) in [6, 6.07) is 17.9. The summed E-state index contributed by atoms with van der Waals surface area (Å²) in [6.07, 6.45) is 1.83. The zero-order valence-electron chi connectivity index (χ0n) is 14.4. The number of benzene rings is 2. The minimum Gasteiger partial charge on any atom is -0.496 e. The molecule has 4 aromatic rings. The Hall–Kier alpha value is -2.86. The van der Waals surface area contributed by atoms with Crippen molar-refractivity contribution < 1.29 is 4.74 Å². The van der Waals surface area contributed by atoms with E-state index in [0.717, 1.165) is 44.2 Å². The molecule has 0 aliphatic rings. The van der Waals surface area contributed by atoms with Crippen LogP contribution in [0.2, 0.25) is 0 Å². The Morgan fingerprint density at radius 1 is 1.04 bits per heavy atom. The number of ether oxygens (including phenoxy) is 1. The van der Waals surface area contributed by atoms with Crippen LogP contribution in [0.15, 0.2) is 65.3 Å². The summed E-state index contributed by atoms with van der Waals surface area (Å²) in [5, 5.41) is 7.97. The van der Waals surface area contributed by atoms with E-state index in [1.165, 1.54) is 0 Å². The molecular formula is C20H17BrN4O. The highest BCUT2D eigenvalue weighted by atomic mass is 79.9. The Morgan fingerprint density at radius 3 is 2.58 bits per heavy atom. The number of hydrogen-bond acceptors (Lipinski definition) is 4. The van der Waals surface area contributed by atoms with Gasteiger partial charge in [-0.1, -0.05) is 34.1 Å². The number of nitrogens with one attached hydrogen (secondary N) is 1. The molecule has 5 nitrogen and oxygen atoms in total. The van der Waals surface area contributed by atoms with Crippen molar-refractivity contribution in [2.75, 3.05) is 12.4 Å². The minimum absolute atomic E-state index is 0.786. The van der Waals surface area contributed by atoms with Crippen LogP contribution in [0.3, 0.4) is 0 Å². The smallest absolute Gasteiger partial charge is 0.165 e. The second-order valence-electron chi connectivity index (χ2n) is 5.91. The van der Waals surface area contributed by atoms with Crippen LogP contribution in [-0.4, -0.2) is 21.7 Å². The number of hydrogen-bond donors (Lipinski definition) is 1. The van der Waals surface area contributed by atoms with Crippen molar-refractivity contribution in [3.8, 4) is 16.9 Å². The van der Waals surface area contributed by atoms with Crippen molar-refractivity contribution in [1.29, 1.82) is 0 Å². The predicted molar refractivity (Wildman–Crippen MR) is 107 cm³/mol. The molecule has 2 aromatic heterocycles. The molecule has 0 unspecified atom stereocenters. The number of nitrogens with zero attached hydrogens (tertiary/aromatic N) is 3. The van der Waals surface area contributed by atoms with Crippen molar-refractivity contribution >= 4 is 33.1 Å². The number of para-hydroxylation sites is 1. The monoisotopic (exact) mass is 408 g/mol. The van der Waals surface area contributed by atoms with Gasteiger partial charge in [0.25, 0.3) is 0 Å². The summed E-state index contributed by atoms with van der Waals surface area (Å²) in [5.41, 5.74) is 4.58. The first-order valence-corrected chi connectivity index (χ1v) is 8.96. The van der Waals surface area contributed by atoms with Gasteiger partial charge in [0.15, 0.2) is 5.65 Å². The quantitative estimate of drug-likeness (QED) is 0.502. The van der Waals surface area contributed by atoms with Crippen molar-refractivity contribution in [1.82, 2.24) is 14.6 Å². The number of fused-ring (bicyclic) bond motifs is 1. The third-order valence-electron chi connectivity index (χ3n) is 4.11. The molecule has 2 heterocycles. The van der Waals surface area contributed by atoms with Crippen molar-refractivity contribution in [3.05, 3.63) is 71.0 Å². The van der Waals surface area contributed by atoms with E-state index in [9.17, 15) is 0 Å². The second kappa shape index (κ2) is 6.80. The average molecular weight is 409 g/mol. The molecule has 0 fully saturated rings. The summed E-state index contributed by atoms with van der Waals surface area (Å²) < 4.78 is 8.36. The van der Waals surface area contributed by atoms with E-state index < -0.39 is 0 Å². The Morgan fingerprint density at radius 2 is 1.81 bits per heavy atom. The van der Waals surface area contributed by atoms with Crippen LogP contribution in [0, 0.1) is 6.92 Å². The molecule has 0 bridgehead atoms. The maximum Gasteiger partial charge on any atom is 0.165 e. The van der Waals surface area contributed by atoms with E-state index in [0.29, 0.717) is 0 Å². The van der Waals surface area contributed by atoms with Crippen LogP contribution in [0.1, 0.15) is 5.69 Å². The number of methoxy groups -OCH3 is 1. The normalized spacial score (nSPS) is 10.9. The van der Waals surface area contributed by atoms with Gasteiger partial charge >= 0.3 is 0 Å². The van der Waals surface area contributed by atoms with Gasteiger partial charge in [0, 0.05) is 27.5 Å². The highest BCUT2D eigenvalue weighted by molar-refractivity contribution is 9.10. The van der Waals surface area contributed by atoms with Gasteiger partial charge in [-0.05, 0) is 37.3 Å². The zero-order chi connectivity index (χ0) is 18.1. The Bertz CT molecular complexity index is 1070. The summed E-state index contributed by atoms with van der Waals surface area (Å²) in [4.78, 5) is 4.70. The number of aryl methyl sites for hydroxylation is 1. The van der Waals surface area contributed by atoms with Gasteiger partial charge in [-0.3, -0.25) is 0 Å². The fraction of sp³-hybridized carbons (Fsp3) is 0.100. The van der Waals surface area contributed by atoms with Gasteiger partial charge in [-0.15, -0.1) is 0 Å². The second-order valence-corrected chi connectivity index (χ2v) is 6.82. The third-order valence-corrected chi connectivity index (χ3v) is 4.64. The highest BCUT2D eigenvalue weighted by Gasteiger charge is 2.15. The molecule has 0 atom stereocenters. The first kappa shape index (κ1) is 16.6. The molecule has 4 rings (SSSR count). The molecule has 0 saturated carbocycles. The number of aromatic nitrogens is 3. The largest absolute Gasteiger partial charge is 0.496 e. The lowest BCUT2D eigenvalue weighted by atomic mass is 10.1. The summed E-state index contributed by atoms with van der Waals surface area (Å²) >= 11 is 3.46. The minimum atomic E-state index is 0.786. The predicted octanol–water partition coefficient (Wildman–Crippen LogP) is 5.22. The number of anilines is 2. The fourth-order valence-electron chi connectivity index (χ4n) is 2.91. The standard InChI is InChI=1S/C20H17BrN4O/c1-13-11-19(24-15-9-7-14(21)8-10-15)25-20(23-13)17(12-22-25)16-5-3-4-6-18(16)26-2/h3-12,24H,1-2H3. The number of halogens is 1. The summed E-state index contributed by atoms with van der Waals surface area (Å²) in [6.45, 7) is 1.98. The summed E-state index contributed by atoms with van der Waals surface area (Å²) in [7, 11) is 1.67. The SMILES string of the molecule is COc1ccccc1-c1cnn2c(Nc3ccc(Br)cc3)cc(C)nc12.